The Balaban J connectivity index is 1.64. The predicted octanol–water partition coefficient (Wildman–Crippen LogP) is 8.47. The molecule has 0 radical (unpaired) electrons. The van der Waals surface area contributed by atoms with Gasteiger partial charge < -0.3 is 18.8 Å². The fourth-order valence-electron chi connectivity index (χ4n) is 6.08. The number of aryl methyl sites for hydroxylation is 1. The standard InChI is InChI=1S/C39H58N4O6/c1-9-11-12-13-14-15-16-20-36(44)47-25-31(21-32-22-40-26-42(32)8)33(10-2)37(45)48-24-30-18-17-19-34(28(30)3)29(4)35-23-43(27-41-35)38(46)49-39(5,6)7/h17-19,22-23,26-27,29,31,33H,9-16,20-21,24-25H2,1-8H3/t29-,31-,33?/m0/s1. The zero-order valence-corrected chi connectivity index (χ0v) is 31.0. The SMILES string of the molecule is CCCCCCCCCC(=O)OC[C@H](Cc1cncn1C)C(CC)C(=O)OCc1cccc([C@H](C)c2cn(C(=O)OC(C)(C)C)cn2)c1C. The summed E-state index contributed by atoms with van der Waals surface area (Å²) in [6.07, 6.45) is 15.6. The first-order valence-electron chi connectivity index (χ1n) is 18.0. The molecular weight excluding hydrogens is 620 g/mol. The average Bonchev–Trinajstić information content (AvgIpc) is 3.71. The van der Waals surface area contributed by atoms with Crippen molar-refractivity contribution in [2.45, 2.75) is 131 Å². The largest absolute Gasteiger partial charge is 0.465 e. The molecule has 0 bridgehead atoms. The molecule has 0 saturated carbocycles. The molecule has 0 saturated heterocycles. The van der Waals surface area contributed by atoms with Crippen molar-refractivity contribution in [3.05, 3.63) is 71.3 Å². The quantitative estimate of drug-likeness (QED) is 0.0705. The number of imidazole rings is 2. The van der Waals surface area contributed by atoms with Crippen LogP contribution in [0.5, 0.6) is 0 Å². The lowest BCUT2D eigenvalue weighted by Gasteiger charge is -2.25. The van der Waals surface area contributed by atoms with Crippen LogP contribution in [0.2, 0.25) is 0 Å². The molecule has 0 spiro atoms. The van der Waals surface area contributed by atoms with Gasteiger partial charge in [-0.05, 0) is 63.6 Å². The van der Waals surface area contributed by atoms with Gasteiger partial charge in [0.15, 0.2) is 0 Å². The van der Waals surface area contributed by atoms with Crippen LogP contribution >= 0.6 is 0 Å². The number of carbonyl (C=O) groups excluding carboxylic acids is 3. The molecule has 0 fully saturated rings. The number of aromatic nitrogens is 4. The smallest absolute Gasteiger partial charge is 0.419 e. The van der Waals surface area contributed by atoms with Crippen molar-refractivity contribution in [1.29, 1.82) is 0 Å². The number of unbranched alkanes of at least 4 members (excludes halogenated alkanes) is 6. The van der Waals surface area contributed by atoms with E-state index in [-0.39, 0.29) is 37.0 Å². The molecule has 0 aliphatic heterocycles. The van der Waals surface area contributed by atoms with Gasteiger partial charge in [0, 0.05) is 43.4 Å². The summed E-state index contributed by atoms with van der Waals surface area (Å²) in [4.78, 5) is 47.6. The number of ether oxygens (including phenoxy) is 3. The molecule has 0 N–H and O–H groups in total. The summed E-state index contributed by atoms with van der Waals surface area (Å²) in [7, 11) is 1.92. The number of benzene rings is 1. The van der Waals surface area contributed by atoms with Crippen LogP contribution in [0.25, 0.3) is 0 Å². The molecule has 3 aromatic rings. The van der Waals surface area contributed by atoms with E-state index in [0.29, 0.717) is 19.3 Å². The lowest BCUT2D eigenvalue weighted by molar-refractivity contribution is -0.156. The summed E-state index contributed by atoms with van der Waals surface area (Å²) in [6.45, 7) is 13.9. The summed E-state index contributed by atoms with van der Waals surface area (Å²) in [5.41, 5.74) is 4.00. The van der Waals surface area contributed by atoms with Gasteiger partial charge in [-0.3, -0.25) is 9.59 Å². The lowest BCUT2D eigenvalue weighted by Crippen LogP contribution is -2.31. The summed E-state index contributed by atoms with van der Waals surface area (Å²) in [6, 6.07) is 5.93. The number of hydrogen-bond donors (Lipinski definition) is 0. The van der Waals surface area contributed by atoms with Crippen LogP contribution in [0.15, 0.2) is 43.2 Å². The maximum atomic E-state index is 13.6. The zero-order valence-electron chi connectivity index (χ0n) is 31.0. The van der Waals surface area contributed by atoms with Gasteiger partial charge in [-0.1, -0.05) is 77.5 Å². The highest BCUT2D eigenvalue weighted by atomic mass is 16.6. The van der Waals surface area contributed by atoms with Gasteiger partial charge in [0.2, 0.25) is 0 Å². The minimum absolute atomic E-state index is 0.109. The molecule has 1 aromatic carbocycles. The fourth-order valence-corrected chi connectivity index (χ4v) is 6.08. The second-order valence-corrected chi connectivity index (χ2v) is 14.2. The van der Waals surface area contributed by atoms with Crippen molar-refractivity contribution in [2.75, 3.05) is 6.61 Å². The highest BCUT2D eigenvalue weighted by Crippen LogP contribution is 2.29. The van der Waals surface area contributed by atoms with Crippen molar-refractivity contribution in [3.63, 3.8) is 0 Å². The van der Waals surface area contributed by atoms with Crippen molar-refractivity contribution >= 4 is 18.0 Å². The number of esters is 2. The molecule has 3 atom stereocenters. The normalized spacial score (nSPS) is 13.5. The van der Waals surface area contributed by atoms with Gasteiger partial charge >= 0.3 is 18.0 Å². The van der Waals surface area contributed by atoms with Gasteiger partial charge in [0.25, 0.3) is 0 Å². The molecule has 2 heterocycles. The van der Waals surface area contributed by atoms with Crippen LogP contribution in [0.3, 0.4) is 0 Å². The highest BCUT2D eigenvalue weighted by molar-refractivity contribution is 5.73. The van der Waals surface area contributed by atoms with Crippen LogP contribution < -0.4 is 0 Å². The third-order valence-electron chi connectivity index (χ3n) is 9.12. The molecule has 49 heavy (non-hydrogen) atoms. The molecule has 270 valence electrons. The van der Waals surface area contributed by atoms with Gasteiger partial charge in [0.05, 0.1) is 24.5 Å². The Morgan fingerprint density at radius 1 is 0.959 bits per heavy atom. The van der Waals surface area contributed by atoms with E-state index in [4.69, 9.17) is 14.2 Å². The first-order chi connectivity index (χ1) is 23.3. The Morgan fingerprint density at radius 2 is 1.67 bits per heavy atom. The van der Waals surface area contributed by atoms with E-state index in [0.717, 1.165) is 47.3 Å². The fraction of sp³-hybridized carbons (Fsp3) is 0.615. The van der Waals surface area contributed by atoms with E-state index in [2.05, 4.69) is 16.9 Å². The second-order valence-electron chi connectivity index (χ2n) is 14.2. The molecule has 1 unspecified atom stereocenters. The Bertz CT molecular complexity index is 1490. The van der Waals surface area contributed by atoms with E-state index in [1.807, 2.05) is 71.4 Å². The van der Waals surface area contributed by atoms with Crippen molar-refractivity contribution in [1.82, 2.24) is 19.1 Å². The van der Waals surface area contributed by atoms with E-state index in [1.54, 1.807) is 18.7 Å². The topological polar surface area (TPSA) is 115 Å². The molecule has 0 aliphatic carbocycles. The van der Waals surface area contributed by atoms with Crippen LogP contribution in [0.1, 0.15) is 133 Å². The number of rotatable bonds is 19. The average molecular weight is 679 g/mol. The van der Waals surface area contributed by atoms with Gasteiger partial charge in [-0.25, -0.2) is 19.3 Å². The van der Waals surface area contributed by atoms with E-state index >= 15 is 0 Å². The predicted molar refractivity (Wildman–Crippen MR) is 190 cm³/mol. The zero-order chi connectivity index (χ0) is 36.0. The van der Waals surface area contributed by atoms with Gasteiger partial charge in [-0.15, -0.1) is 0 Å². The molecule has 10 nitrogen and oxygen atoms in total. The monoisotopic (exact) mass is 678 g/mol. The van der Waals surface area contributed by atoms with Crippen LogP contribution in [-0.4, -0.2) is 49.3 Å². The maximum Gasteiger partial charge on any atom is 0.419 e. The summed E-state index contributed by atoms with van der Waals surface area (Å²) in [5.74, 6) is -1.35. The number of carbonyl (C=O) groups is 3. The van der Waals surface area contributed by atoms with Crippen LogP contribution in [-0.2, 0) is 43.9 Å². The molecule has 3 rings (SSSR count). The molecule has 0 amide bonds. The highest BCUT2D eigenvalue weighted by Gasteiger charge is 2.31. The van der Waals surface area contributed by atoms with Gasteiger partial charge in [-0.2, -0.15) is 0 Å². The van der Waals surface area contributed by atoms with E-state index < -0.39 is 17.6 Å². The third kappa shape index (κ3) is 12.5. The first kappa shape index (κ1) is 39.5. The number of hydrogen-bond acceptors (Lipinski definition) is 8. The second kappa shape index (κ2) is 19.3. The Hall–Kier alpha value is -3.95. The molecule has 10 heteroatoms. The Labute approximate surface area is 293 Å². The van der Waals surface area contributed by atoms with E-state index in [1.165, 1.54) is 36.6 Å². The summed E-state index contributed by atoms with van der Waals surface area (Å²) < 4.78 is 20.5. The van der Waals surface area contributed by atoms with Crippen molar-refractivity contribution < 1.29 is 28.6 Å². The maximum absolute atomic E-state index is 13.6. The van der Waals surface area contributed by atoms with Crippen LogP contribution in [0, 0.1) is 18.8 Å². The Kier molecular flexibility index (Phi) is 15.5. The van der Waals surface area contributed by atoms with Crippen molar-refractivity contribution in [2.24, 2.45) is 18.9 Å². The van der Waals surface area contributed by atoms with Crippen molar-refractivity contribution in [3.8, 4) is 0 Å². The Morgan fingerprint density at radius 3 is 2.33 bits per heavy atom. The number of nitrogens with zero attached hydrogens (tertiary/aromatic N) is 4. The molecular formula is C39H58N4O6. The lowest BCUT2D eigenvalue weighted by atomic mass is 9.87. The van der Waals surface area contributed by atoms with E-state index in [9.17, 15) is 14.4 Å². The van der Waals surface area contributed by atoms with Crippen LogP contribution in [0.4, 0.5) is 4.79 Å². The third-order valence-corrected chi connectivity index (χ3v) is 9.12. The summed E-state index contributed by atoms with van der Waals surface area (Å²) >= 11 is 0. The first-order valence-corrected chi connectivity index (χ1v) is 18.0. The molecule has 0 aliphatic rings. The molecule has 2 aromatic heterocycles. The summed E-state index contributed by atoms with van der Waals surface area (Å²) in [5, 5.41) is 0. The minimum Gasteiger partial charge on any atom is -0.465 e. The minimum atomic E-state index is -0.609. The van der Waals surface area contributed by atoms with Gasteiger partial charge in [0.1, 0.15) is 18.5 Å².